The van der Waals surface area contributed by atoms with Gasteiger partial charge >= 0.3 is 0 Å². The fourth-order valence-electron chi connectivity index (χ4n) is 3.29. The van der Waals surface area contributed by atoms with Crippen LogP contribution in [0, 0.1) is 0 Å². The zero-order valence-electron chi connectivity index (χ0n) is 15.9. The van der Waals surface area contributed by atoms with Crippen LogP contribution in [-0.2, 0) is 11.2 Å². The maximum atomic E-state index is 5.47. The van der Waals surface area contributed by atoms with E-state index in [1.165, 1.54) is 5.56 Å². The first-order valence-corrected chi connectivity index (χ1v) is 9.57. The first-order valence-electron chi connectivity index (χ1n) is 9.57. The van der Waals surface area contributed by atoms with E-state index in [4.69, 9.17) is 4.74 Å². The maximum Gasteiger partial charge on any atom is 0.249 e. The molecule has 0 radical (unpaired) electrons. The Kier molecular flexibility index (Phi) is 5.63. The molecule has 28 heavy (non-hydrogen) atoms. The van der Waals surface area contributed by atoms with Gasteiger partial charge in [0.15, 0.2) is 5.82 Å². The summed E-state index contributed by atoms with van der Waals surface area (Å²) in [6.45, 7) is 5.35. The third kappa shape index (κ3) is 4.20. The van der Waals surface area contributed by atoms with E-state index in [-0.39, 0.29) is 0 Å². The molecule has 0 saturated carbocycles. The van der Waals surface area contributed by atoms with E-state index in [1.807, 2.05) is 36.4 Å². The number of ether oxygens (including phenoxy) is 1. The molecule has 7 nitrogen and oxygen atoms in total. The van der Waals surface area contributed by atoms with Gasteiger partial charge in [0, 0.05) is 18.8 Å². The molecule has 0 bridgehead atoms. The Balaban J connectivity index is 1.54. The minimum absolute atomic E-state index is 0.458. The number of benzene rings is 2. The number of para-hydroxylation sites is 3. The smallest absolute Gasteiger partial charge is 0.249 e. The Morgan fingerprint density at radius 3 is 2.54 bits per heavy atom. The highest BCUT2D eigenvalue weighted by molar-refractivity contribution is 5.74. The largest absolute Gasteiger partial charge is 0.378 e. The van der Waals surface area contributed by atoms with Crippen molar-refractivity contribution < 1.29 is 4.74 Å². The fraction of sp³-hybridized carbons (Fsp3) is 0.286. The molecule has 0 aliphatic carbocycles. The highest BCUT2D eigenvalue weighted by Gasteiger charge is 2.15. The van der Waals surface area contributed by atoms with Crippen molar-refractivity contribution in [3.8, 4) is 0 Å². The molecule has 2 heterocycles. The summed E-state index contributed by atoms with van der Waals surface area (Å²) >= 11 is 0. The van der Waals surface area contributed by atoms with Crippen LogP contribution < -0.4 is 15.5 Å². The van der Waals surface area contributed by atoms with Crippen LogP contribution >= 0.6 is 0 Å². The molecule has 1 saturated heterocycles. The van der Waals surface area contributed by atoms with Gasteiger partial charge in [-0.05, 0) is 30.2 Å². The molecule has 1 aromatic heterocycles. The first-order chi connectivity index (χ1) is 13.8. The van der Waals surface area contributed by atoms with Crippen molar-refractivity contribution in [3.63, 3.8) is 0 Å². The number of morpholine rings is 1. The van der Waals surface area contributed by atoms with Crippen LogP contribution in [0.25, 0.3) is 0 Å². The van der Waals surface area contributed by atoms with Crippen LogP contribution in [0.1, 0.15) is 12.5 Å². The minimum Gasteiger partial charge on any atom is -0.378 e. The van der Waals surface area contributed by atoms with Crippen molar-refractivity contribution in [2.45, 2.75) is 13.3 Å². The van der Waals surface area contributed by atoms with Crippen molar-refractivity contribution in [2.24, 2.45) is 0 Å². The second kappa shape index (κ2) is 8.67. The summed E-state index contributed by atoms with van der Waals surface area (Å²) < 4.78 is 5.47. The fourth-order valence-corrected chi connectivity index (χ4v) is 3.29. The van der Waals surface area contributed by atoms with Crippen LogP contribution in [0.2, 0.25) is 0 Å². The van der Waals surface area contributed by atoms with Crippen LogP contribution in [0.5, 0.6) is 0 Å². The molecule has 0 spiro atoms. The van der Waals surface area contributed by atoms with Gasteiger partial charge in [-0.1, -0.05) is 37.3 Å². The lowest BCUT2D eigenvalue weighted by atomic mass is 10.1. The van der Waals surface area contributed by atoms with E-state index in [0.29, 0.717) is 11.8 Å². The minimum atomic E-state index is 0.458. The number of nitrogens with one attached hydrogen (secondary N) is 2. The van der Waals surface area contributed by atoms with Gasteiger partial charge < -0.3 is 20.3 Å². The Hall–Kier alpha value is -3.19. The van der Waals surface area contributed by atoms with Crippen molar-refractivity contribution in [1.82, 2.24) is 15.2 Å². The Morgan fingerprint density at radius 1 is 0.964 bits per heavy atom. The van der Waals surface area contributed by atoms with Crippen molar-refractivity contribution >= 4 is 28.8 Å². The summed E-state index contributed by atoms with van der Waals surface area (Å²) in [6.07, 6.45) is 2.57. The Morgan fingerprint density at radius 2 is 1.71 bits per heavy atom. The topological polar surface area (TPSA) is 75.2 Å². The second-order valence-electron chi connectivity index (χ2n) is 6.54. The quantitative estimate of drug-likeness (QED) is 0.678. The molecule has 1 fully saturated rings. The predicted octanol–water partition coefficient (Wildman–Crippen LogP) is 3.76. The molecule has 0 atom stereocenters. The van der Waals surface area contributed by atoms with E-state index < -0.39 is 0 Å². The van der Waals surface area contributed by atoms with Gasteiger partial charge in [-0.25, -0.2) is 0 Å². The van der Waals surface area contributed by atoms with Gasteiger partial charge in [0.05, 0.1) is 30.8 Å². The molecule has 7 heteroatoms. The van der Waals surface area contributed by atoms with Crippen molar-refractivity contribution in [2.75, 3.05) is 41.8 Å². The van der Waals surface area contributed by atoms with Crippen LogP contribution in [0.15, 0.2) is 54.7 Å². The van der Waals surface area contributed by atoms with Crippen molar-refractivity contribution in [3.05, 3.63) is 60.3 Å². The number of aryl methyl sites for hydroxylation is 1. The Bertz CT molecular complexity index is 926. The third-order valence-electron chi connectivity index (χ3n) is 4.72. The number of rotatable bonds is 6. The molecule has 144 valence electrons. The summed E-state index contributed by atoms with van der Waals surface area (Å²) in [5.41, 5.74) is 4.33. The van der Waals surface area contributed by atoms with Gasteiger partial charge in [-0.2, -0.15) is 10.1 Å². The molecule has 0 unspecified atom stereocenters. The second-order valence-corrected chi connectivity index (χ2v) is 6.54. The standard InChI is InChI=1S/C21H24N6O/c1-2-16-7-3-4-8-17(16)23-20-15-22-26-21(25-20)24-18-9-5-6-10-19(18)27-11-13-28-14-12-27/h3-10,15H,2,11-14H2,1H3,(H2,23,24,25,26). The zero-order chi connectivity index (χ0) is 19.2. The number of anilines is 5. The van der Waals surface area contributed by atoms with Gasteiger partial charge in [0.1, 0.15) is 0 Å². The summed E-state index contributed by atoms with van der Waals surface area (Å²) in [6, 6.07) is 16.4. The number of hydrogen-bond acceptors (Lipinski definition) is 7. The SMILES string of the molecule is CCc1ccccc1Nc1cnnc(Nc2ccccc2N2CCOCC2)n1. The summed E-state index contributed by atoms with van der Waals surface area (Å²) in [4.78, 5) is 6.89. The molecule has 2 aromatic carbocycles. The zero-order valence-corrected chi connectivity index (χ0v) is 15.9. The molecule has 1 aliphatic heterocycles. The van der Waals surface area contributed by atoms with Gasteiger partial charge in [0.2, 0.25) is 5.95 Å². The summed E-state index contributed by atoms with van der Waals surface area (Å²) in [5.74, 6) is 1.11. The molecule has 2 N–H and O–H groups in total. The van der Waals surface area contributed by atoms with Crippen molar-refractivity contribution in [1.29, 1.82) is 0 Å². The predicted molar refractivity (Wildman–Crippen MR) is 112 cm³/mol. The van der Waals surface area contributed by atoms with Gasteiger partial charge in [-0.15, -0.1) is 5.10 Å². The van der Waals surface area contributed by atoms with Gasteiger partial charge in [0.25, 0.3) is 0 Å². The highest BCUT2D eigenvalue weighted by Crippen LogP contribution is 2.28. The third-order valence-corrected chi connectivity index (χ3v) is 4.72. The lowest BCUT2D eigenvalue weighted by molar-refractivity contribution is 0.123. The number of hydrogen-bond donors (Lipinski definition) is 2. The average molecular weight is 376 g/mol. The maximum absolute atomic E-state index is 5.47. The number of aromatic nitrogens is 3. The van der Waals surface area contributed by atoms with E-state index in [0.717, 1.165) is 49.8 Å². The summed E-state index contributed by atoms with van der Waals surface area (Å²) in [5, 5.41) is 14.9. The van der Waals surface area contributed by atoms with Gasteiger partial charge in [-0.3, -0.25) is 0 Å². The lowest BCUT2D eigenvalue weighted by Gasteiger charge is -2.30. The van der Waals surface area contributed by atoms with E-state index >= 15 is 0 Å². The normalized spacial score (nSPS) is 14.0. The Labute approximate surface area is 164 Å². The first kappa shape index (κ1) is 18.2. The molecule has 3 aromatic rings. The average Bonchev–Trinajstić information content (AvgIpc) is 2.75. The lowest BCUT2D eigenvalue weighted by Crippen LogP contribution is -2.36. The molecule has 0 amide bonds. The molecule has 1 aliphatic rings. The molecular formula is C21H24N6O. The van der Waals surface area contributed by atoms with E-state index in [2.05, 4.69) is 49.8 Å². The summed E-state index contributed by atoms with van der Waals surface area (Å²) in [7, 11) is 0. The monoisotopic (exact) mass is 376 g/mol. The van der Waals surface area contributed by atoms with E-state index in [9.17, 15) is 0 Å². The van der Waals surface area contributed by atoms with E-state index in [1.54, 1.807) is 6.20 Å². The number of nitrogens with zero attached hydrogens (tertiary/aromatic N) is 4. The molecular weight excluding hydrogens is 352 g/mol. The van der Waals surface area contributed by atoms with Crippen LogP contribution in [-0.4, -0.2) is 41.5 Å². The molecule has 4 rings (SSSR count). The highest BCUT2D eigenvalue weighted by atomic mass is 16.5. The van der Waals surface area contributed by atoms with Crippen LogP contribution in [0.3, 0.4) is 0 Å². The van der Waals surface area contributed by atoms with Crippen LogP contribution in [0.4, 0.5) is 28.8 Å².